The van der Waals surface area contributed by atoms with E-state index in [0.717, 1.165) is 50.2 Å². The van der Waals surface area contributed by atoms with Crippen LogP contribution in [0.3, 0.4) is 0 Å². The molecule has 10 nitrogen and oxygen atoms in total. The number of carbonyl (C=O) groups is 1. The molecule has 6 rings (SSSR count). The van der Waals surface area contributed by atoms with Crippen LogP contribution in [0.2, 0.25) is 0 Å². The topological polar surface area (TPSA) is 115 Å². The van der Waals surface area contributed by atoms with E-state index in [1.807, 2.05) is 29.8 Å². The zero-order valence-electron chi connectivity index (χ0n) is 18.3. The van der Waals surface area contributed by atoms with Crippen LogP contribution in [0.25, 0.3) is 5.52 Å². The molecule has 168 valence electrons. The summed E-state index contributed by atoms with van der Waals surface area (Å²) >= 11 is 0. The highest BCUT2D eigenvalue weighted by molar-refractivity contribution is 5.90. The maximum Gasteiger partial charge on any atom is 0.246 e. The number of aromatic nitrogens is 5. The fraction of sp³-hybridized carbons (Fsp3) is 0.545. The van der Waals surface area contributed by atoms with Gasteiger partial charge in [0.2, 0.25) is 11.9 Å². The van der Waals surface area contributed by atoms with E-state index < -0.39 is 5.54 Å². The summed E-state index contributed by atoms with van der Waals surface area (Å²) in [6, 6.07) is 6.17. The lowest BCUT2D eigenvalue weighted by molar-refractivity contribution is -0.126. The molecule has 10 heteroatoms. The second-order valence-electron chi connectivity index (χ2n) is 9.40. The molecule has 1 aliphatic carbocycles. The smallest absolute Gasteiger partial charge is 0.246 e. The quantitative estimate of drug-likeness (QED) is 0.467. The zero-order chi connectivity index (χ0) is 21.7. The third-order valence-corrected chi connectivity index (χ3v) is 7.01. The van der Waals surface area contributed by atoms with Crippen molar-refractivity contribution in [3.05, 3.63) is 30.1 Å². The molecule has 2 atom stereocenters. The summed E-state index contributed by atoms with van der Waals surface area (Å²) in [7, 11) is 0. The Bertz CT molecular complexity index is 1140. The summed E-state index contributed by atoms with van der Waals surface area (Å²) in [5.74, 6) is 2.63. The number of H-pyrrole nitrogens is 1. The van der Waals surface area contributed by atoms with Crippen molar-refractivity contribution < 1.29 is 4.79 Å². The summed E-state index contributed by atoms with van der Waals surface area (Å²) in [4.78, 5) is 20.2. The van der Waals surface area contributed by atoms with E-state index in [-0.39, 0.29) is 11.9 Å². The first-order valence-electron chi connectivity index (χ1n) is 11.6. The summed E-state index contributed by atoms with van der Waals surface area (Å²) < 4.78 is 1.82. The Labute approximate surface area is 186 Å². The van der Waals surface area contributed by atoms with Crippen LogP contribution in [0, 0.1) is 0 Å². The minimum Gasteiger partial charge on any atom is -0.350 e. The normalized spacial score (nSPS) is 25.5. The first-order chi connectivity index (χ1) is 15.6. The van der Waals surface area contributed by atoms with Crippen LogP contribution in [0.1, 0.15) is 50.6 Å². The van der Waals surface area contributed by atoms with Gasteiger partial charge in [-0.1, -0.05) is 0 Å². The highest BCUT2D eigenvalue weighted by Crippen LogP contribution is 2.40. The molecule has 2 aliphatic heterocycles. The zero-order valence-corrected chi connectivity index (χ0v) is 18.3. The lowest BCUT2D eigenvalue weighted by atomic mass is 9.97. The van der Waals surface area contributed by atoms with Crippen molar-refractivity contribution in [3.63, 3.8) is 0 Å². The van der Waals surface area contributed by atoms with E-state index in [4.69, 9.17) is 10.1 Å². The number of carbonyl (C=O) groups excluding carboxylic acids is 1. The molecule has 5 heterocycles. The van der Waals surface area contributed by atoms with Gasteiger partial charge in [-0.05, 0) is 57.7 Å². The molecule has 3 aliphatic rings. The Morgan fingerprint density at radius 2 is 2.22 bits per heavy atom. The van der Waals surface area contributed by atoms with Gasteiger partial charge in [-0.3, -0.25) is 9.89 Å². The molecule has 1 amide bonds. The number of aromatic amines is 1. The SMILES string of the molecule is C[C@@]1(C(=O)N[C@@H]2CCNC2)CCCN1c1nc(Nc2cc(C3CC3)[nH]n2)c2cccn2n1. The third kappa shape index (κ3) is 3.38. The third-order valence-electron chi connectivity index (χ3n) is 7.01. The van der Waals surface area contributed by atoms with Crippen LogP contribution < -0.4 is 20.9 Å². The standard InChI is InChI=1S/C22H29N9O/c1-22(20(32)24-15-7-9-23-13-15)8-3-10-30(22)21-26-19(17-4-2-11-31(17)29-21)25-18-12-16(27-28-18)14-5-6-14/h2,4,11-12,14-15,23H,3,5-10,13H2,1H3,(H,24,32)(H2,25,26,27,28,29)/t15-,22+/m1/s1. The molecule has 3 aromatic rings. The molecule has 3 aromatic heterocycles. The van der Waals surface area contributed by atoms with Crippen LogP contribution >= 0.6 is 0 Å². The van der Waals surface area contributed by atoms with Crippen molar-refractivity contribution in [2.45, 2.75) is 56.5 Å². The van der Waals surface area contributed by atoms with Gasteiger partial charge in [0.1, 0.15) is 11.1 Å². The van der Waals surface area contributed by atoms with E-state index in [1.165, 1.54) is 18.5 Å². The lowest BCUT2D eigenvalue weighted by Crippen LogP contribution is -2.56. The van der Waals surface area contributed by atoms with E-state index in [0.29, 0.717) is 17.7 Å². The minimum atomic E-state index is -0.674. The minimum absolute atomic E-state index is 0.0517. The summed E-state index contributed by atoms with van der Waals surface area (Å²) in [5.41, 5.74) is 1.36. The van der Waals surface area contributed by atoms with Crippen LogP contribution in [0.4, 0.5) is 17.6 Å². The Morgan fingerprint density at radius 1 is 1.31 bits per heavy atom. The fourth-order valence-corrected chi connectivity index (χ4v) is 4.89. The van der Waals surface area contributed by atoms with Crippen LogP contribution in [-0.2, 0) is 4.79 Å². The molecule has 32 heavy (non-hydrogen) atoms. The number of amides is 1. The number of hydrogen-bond donors (Lipinski definition) is 4. The van der Waals surface area contributed by atoms with Crippen molar-refractivity contribution in [3.8, 4) is 0 Å². The molecular weight excluding hydrogens is 406 g/mol. The number of fused-ring (bicyclic) bond motifs is 1. The second kappa shape index (κ2) is 7.47. The Kier molecular flexibility index (Phi) is 4.56. The average Bonchev–Trinajstić information content (AvgIpc) is 3.22. The van der Waals surface area contributed by atoms with Crippen molar-refractivity contribution in [1.29, 1.82) is 0 Å². The average molecular weight is 436 g/mol. The van der Waals surface area contributed by atoms with Gasteiger partial charge in [-0.15, -0.1) is 5.10 Å². The lowest BCUT2D eigenvalue weighted by Gasteiger charge is -2.34. The van der Waals surface area contributed by atoms with Crippen molar-refractivity contribution >= 4 is 29.0 Å². The first kappa shape index (κ1) is 19.5. The molecular formula is C22H29N9O. The Hall–Kier alpha value is -3.14. The summed E-state index contributed by atoms with van der Waals surface area (Å²) in [5, 5.41) is 22.2. The predicted molar refractivity (Wildman–Crippen MR) is 121 cm³/mol. The number of anilines is 3. The van der Waals surface area contributed by atoms with Crippen molar-refractivity contribution in [2.24, 2.45) is 0 Å². The number of nitrogens with zero attached hydrogens (tertiary/aromatic N) is 5. The van der Waals surface area contributed by atoms with E-state index in [9.17, 15) is 4.79 Å². The van der Waals surface area contributed by atoms with Crippen molar-refractivity contribution in [1.82, 2.24) is 35.4 Å². The maximum atomic E-state index is 13.3. The molecule has 4 N–H and O–H groups in total. The van der Waals surface area contributed by atoms with Gasteiger partial charge in [0.05, 0.1) is 0 Å². The van der Waals surface area contributed by atoms with Crippen molar-refractivity contribution in [2.75, 3.05) is 29.9 Å². The summed E-state index contributed by atoms with van der Waals surface area (Å²) in [6.45, 7) is 4.52. The fourth-order valence-electron chi connectivity index (χ4n) is 4.89. The van der Waals surface area contributed by atoms with Gasteiger partial charge in [-0.25, -0.2) is 4.52 Å². The van der Waals surface area contributed by atoms with Gasteiger partial charge < -0.3 is 20.9 Å². The van der Waals surface area contributed by atoms with Gasteiger partial charge in [0.25, 0.3) is 0 Å². The molecule has 0 aromatic carbocycles. The first-order valence-corrected chi connectivity index (χ1v) is 11.6. The van der Waals surface area contributed by atoms with Gasteiger partial charge in [-0.2, -0.15) is 10.1 Å². The molecule has 1 saturated carbocycles. The molecule has 0 bridgehead atoms. The van der Waals surface area contributed by atoms with E-state index >= 15 is 0 Å². The number of nitrogens with one attached hydrogen (secondary N) is 4. The van der Waals surface area contributed by atoms with Gasteiger partial charge >= 0.3 is 0 Å². The van der Waals surface area contributed by atoms with E-state index in [1.54, 1.807) is 0 Å². The van der Waals surface area contributed by atoms with Crippen LogP contribution in [0.5, 0.6) is 0 Å². The molecule has 3 fully saturated rings. The van der Waals surface area contributed by atoms with Crippen LogP contribution in [-0.4, -0.2) is 61.9 Å². The van der Waals surface area contributed by atoms with Crippen LogP contribution in [0.15, 0.2) is 24.4 Å². The summed E-state index contributed by atoms with van der Waals surface area (Å²) in [6.07, 6.45) is 7.01. The monoisotopic (exact) mass is 435 g/mol. The molecule has 2 saturated heterocycles. The number of hydrogen-bond acceptors (Lipinski definition) is 7. The Balaban J connectivity index is 1.30. The van der Waals surface area contributed by atoms with Gasteiger partial charge in [0, 0.05) is 43.0 Å². The molecule has 0 radical (unpaired) electrons. The maximum absolute atomic E-state index is 13.3. The molecule has 0 unspecified atom stereocenters. The van der Waals surface area contributed by atoms with E-state index in [2.05, 4.69) is 37.1 Å². The van der Waals surface area contributed by atoms with Gasteiger partial charge in [0.15, 0.2) is 11.6 Å². The number of rotatable bonds is 6. The Morgan fingerprint density at radius 3 is 3.03 bits per heavy atom. The second-order valence-corrected chi connectivity index (χ2v) is 9.40. The largest absolute Gasteiger partial charge is 0.350 e. The molecule has 0 spiro atoms. The highest BCUT2D eigenvalue weighted by Gasteiger charge is 2.45. The highest BCUT2D eigenvalue weighted by atomic mass is 16.2. The predicted octanol–water partition coefficient (Wildman–Crippen LogP) is 1.91.